The third-order valence-corrected chi connectivity index (χ3v) is 4.69. The molecule has 0 aromatic heterocycles. The van der Waals surface area contributed by atoms with E-state index in [0.29, 0.717) is 12.6 Å². The van der Waals surface area contributed by atoms with Crippen LogP contribution in [0.2, 0.25) is 0 Å². The van der Waals surface area contributed by atoms with E-state index in [1.165, 1.54) is 45.2 Å². The zero-order valence-electron chi connectivity index (χ0n) is 13.4. The Bertz CT molecular complexity index is 258. The van der Waals surface area contributed by atoms with Gasteiger partial charge in [0.1, 0.15) is 0 Å². The molecule has 2 fully saturated rings. The van der Waals surface area contributed by atoms with Crippen molar-refractivity contribution in [3.8, 4) is 0 Å². The van der Waals surface area contributed by atoms with Crippen LogP contribution < -0.4 is 5.32 Å². The smallest absolute Gasteiger partial charge is 0.0791 e. The van der Waals surface area contributed by atoms with Crippen molar-refractivity contribution >= 4 is 0 Å². The first kappa shape index (κ1) is 16.2. The van der Waals surface area contributed by atoms with E-state index in [1.807, 2.05) is 0 Å². The fourth-order valence-electron chi connectivity index (χ4n) is 3.48. The van der Waals surface area contributed by atoms with Gasteiger partial charge in [-0.05, 0) is 51.9 Å². The van der Waals surface area contributed by atoms with Crippen molar-refractivity contribution in [2.24, 2.45) is 0 Å². The molecule has 20 heavy (non-hydrogen) atoms. The van der Waals surface area contributed by atoms with Gasteiger partial charge in [-0.25, -0.2) is 0 Å². The molecule has 2 saturated heterocycles. The first-order valence-electron chi connectivity index (χ1n) is 8.53. The van der Waals surface area contributed by atoms with E-state index >= 15 is 0 Å². The van der Waals surface area contributed by atoms with Crippen molar-refractivity contribution in [2.75, 3.05) is 39.3 Å². The number of piperidine rings is 2. The molecule has 2 aliphatic heterocycles. The van der Waals surface area contributed by atoms with E-state index in [9.17, 15) is 5.11 Å². The van der Waals surface area contributed by atoms with Gasteiger partial charge in [-0.1, -0.05) is 20.3 Å². The molecule has 4 heteroatoms. The molecule has 1 unspecified atom stereocenters. The van der Waals surface area contributed by atoms with E-state index in [2.05, 4.69) is 29.0 Å². The maximum Gasteiger partial charge on any atom is 0.0791 e. The van der Waals surface area contributed by atoms with Gasteiger partial charge in [-0.15, -0.1) is 0 Å². The first-order chi connectivity index (χ1) is 9.65. The van der Waals surface area contributed by atoms with Crippen molar-refractivity contribution in [1.29, 1.82) is 0 Å². The minimum Gasteiger partial charge on any atom is -0.390 e. The van der Waals surface area contributed by atoms with Crippen LogP contribution >= 0.6 is 0 Å². The minimum atomic E-state index is -0.232. The van der Waals surface area contributed by atoms with E-state index in [0.717, 1.165) is 25.7 Å². The molecule has 118 valence electrons. The zero-order chi connectivity index (χ0) is 14.4. The number of β-amino-alcohol motifs (C(OH)–C–C–N with tert-alkyl or cyclic N) is 1. The number of rotatable bonds is 6. The molecule has 0 bridgehead atoms. The van der Waals surface area contributed by atoms with Gasteiger partial charge in [-0.3, -0.25) is 0 Å². The minimum absolute atomic E-state index is 0.232. The molecule has 0 amide bonds. The molecular formula is C16H33N3O. The van der Waals surface area contributed by atoms with Crippen LogP contribution in [0.4, 0.5) is 0 Å². The number of aliphatic hydroxyl groups excluding tert-OH is 1. The molecule has 0 spiro atoms. The highest BCUT2D eigenvalue weighted by Crippen LogP contribution is 2.20. The standard InChI is InChI=1S/C16H33N3O/c1-14(2)17-12-16(20)13-18-10-6-15(7-11-18)19-8-4-3-5-9-19/h14-17,20H,3-13H2,1-2H3. The number of nitrogens with one attached hydrogen (secondary N) is 1. The largest absolute Gasteiger partial charge is 0.390 e. The van der Waals surface area contributed by atoms with Gasteiger partial charge < -0.3 is 20.2 Å². The molecule has 2 heterocycles. The Kier molecular flexibility index (Phi) is 6.75. The Morgan fingerprint density at radius 1 is 1.05 bits per heavy atom. The Labute approximate surface area is 124 Å². The summed E-state index contributed by atoms with van der Waals surface area (Å²) in [7, 11) is 0. The molecule has 2 aliphatic rings. The Balaban J connectivity index is 1.63. The summed E-state index contributed by atoms with van der Waals surface area (Å²) in [5.41, 5.74) is 0. The molecule has 4 nitrogen and oxygen atoms in total. The molecule has 2 N–H and O–H groups in total. The predicted molar refractivity (Wildman–Crippen MR) is 84.0 cm³/mol. The summed E-state index contributed by atoms with van der Waals surface area (Å²) in [6, 6.07) is 1.26. The van der Waals surface area contributed by atoms with Crippen molar-refractivity contribution in [2.45, 2.75) is 64.1 Å². The number of hydrogen-bond donors (Lipinski definition) is 2. The van der Waals surface area contributed by atoms with Crippen molar-refractivity contribution in [3.05, 3.63) is 0 Å². The van der Waals surface area contributed by atoms with Crippen LogP contribution in [0.3, 0.4) is 0 Å². The van der Waals surface area contributed by atoms with Crippen LogP contribution in [0.15, 0.2) is 0 Å². The Hall–Kier alpha value is -0.160. The molecule has 0 aromatic carbocycles. The first-order valence-corrected chi connectivity index (χ1v) is 8.53. The Morgan fingerprint density at radius 3 is 2.30 bits per heavy atom. The molecule has 0 aromatic rings. The van der Waals surface area contributed by atoms with Crippen LogP contribution in [-0.2, 0) is 0 Å². The lowest BCUT2D eigenvalue weighted by atomic mass is 9.99. The van der Waals surface area contributed by atoms with Gasteiger partial charge in [0.15, 0.2) is 0 Å². The zero-order valence-corrected chi connectivity index (χ0v) is 13.4. The van der Waals surface area contributed by atoms with Gasteiger partial charge >= 0.3 is 0 Å². The summed E-state index contributed by atoms with van der Waals surface area (Å²) in [5.74, 6) is 0. The molecule has 0 aliphatic carbocycles. The van der Waals surface area contributed by atoms with Crippen LogP contribution in [-0.4, -0.2) is 72.4 Å². The highest BCUT2D eigenvalue weighted by molar-refractivity contribution is 4.82. The lowest BCUT2D eigenvalue weighted by molar-refractivity contribution is 0.0597. The molecular weight excluding hydrogens is 250 g/mol. The van der Waals surface area contributed by atoms with E-state index in [-0.39, 0.29) is 6.10 Å². The fraction of sp³-hybridized carbons (Fsp3) is 1.00. The second kappa shape index (κ2) is 8.32. The highest BCUT2D eigenvalue weighted by Gasteiger charge is 2.26. The second-order valence-corrected chi connectivity index (χ2v) is 6.85. The summed E-state index contributed by atoms with van der Waals surface area (Å²) < 4.78 is 0. The average Bonchev–Trinajstić information content (AvgIpc) is 2.47. The number of nitrogens with zero attached hydrogens (tertiary/aromatic N) is 2. The number of likely N-dealkylation sites (tertiary alicyclic amines) is 2. The molecule has 0 radical (unpaired) electrons. The van der Waals surface area contributed by atoms with Gasteiger partial charge in [0, 0.05) is 25.2 Å². The molecule has 2 rings (SSSR count). The summed E-state index contributed by atoms with van der Waals surface area (Å²) >= 11 is 0. The number of hydrogen-bond acceptors (Lipinski definition) is 4. The van der Waals surface area contributed by atoms with Crippen LogP contribution in [0, 0.1) is 0 Å². The van der Waals surface area contributed by atoms with E-state index in [1.54, 1.807) is 0 Å². The van der Waals surface area contributed by atoms with Gasteiger partial charge in [0.2, 0.25) is 0 Å². The quantitative estimate of drug-likeness (QED) is 0.771. The summed E-state index contributed by atoms with van der Waals surface area (Å²) in [4.78, 5) is 5.14. The third-order valence-electron chi connectivity index (χ3n) is 4.69. The predicted octanol–water partition coefficient (Wildman–Crippen LogP) is 1.30. The van der Waals surface area contributed by atoms with Gasteiger partial charge in [0.25, 0.3) is 0 Å². The number of aliphatic hydroxyl groups is 1. The van der Waals surface area contributed by atoms with Crippen LogP contribution in [0.1, 0.15) is 46.0 Å². The van der Waals surface area contributed by atoms with Gasteiger partial charge in [0.05, 0.1) is 6.10 Å². The second-order valence-electron chi connectivity index (χ2n) is 6.85. The summed E-state index contributed by atoms with van der Waals surface area (Å²) in [6.07, 6.45) is 6.53. The molecule has 1 atom stereocenters. The normalized spacial score (nSPS) is 25.2. The Morgan fingerprint density at radius 2 is 1.70 bits per heavy atom. The monoisotopic (exact) mass is 283 g/mol. The van der Waals surface area contributed by atoms with Crippen LogP contribution in [0.25, 0.3) is 0 Å². The maximum atomic E-state index is 10.1. The topological polar surface area (TPSA) is 38.7 Å². The lowest BCUT2D eigenvalue weighted by Crippen LogP contribution is -2.49. The maximum absolute atomic E-state index is 10.1. The SMILES string of the molecule is CC(C)NCC(O)CN1CCC(N2CCCCC2)CC1. The average molecular weight is 283 g/mol. The van der Waals surface area contributed by atoms with E-state index < -0.39 is 0 Å². The van der Waals surface area contributed by atoms with Crippen LogP contribution in [0.5, 0.6) is 0 Å². The van der Waals surface area contributed by atoms with Crippen molar-refractivity contribution < 1.29 is 5.11 Å². The molecule has 0 saturated carbocycles. The fourth-order valence-corrected chi connectivity index (χ4v) is 3.48. The third kappa shape index (κ3) is 5.32. The van der Waals surface area contributed by atoms with Gasteiger partial charge in [-0.2, -0.15) is 0 Å². The lowest BCUT2D eigenvalue weighted by Gasteiger charge is -2.40. The van der Waals surface area contributed by atoms with E-state index in [4.69, 9.17) is 0 Å². The highest BCUT2D eigenvalue weighted by atomic mass is 16.3. The summed E-state index contributed by atoms with van der Waals surface area (Å²) in [6.45, 7) is 10.7. The van der Waals surface area contributed by atoms with Crippen molar-refractivity contribution in [3.63, 3.8) is 0 Å². The van der Waals surface area contributed by atoms with Crippen molar-refractivity contribution in [1.82, 2.24) is 15.1 Å². The summed E-state index contributed by atoms with van der Waals surface area (Å²) in [5, 5.41) is 13.4.